The summed E-state index contributed by atoms with van der Waals surface area (Å²) in [6.45, 7) is 7.59. The number of carbonyl (C=O) groups is 2. The van der Waals surface area contributed by atoms with E-state index in [4.69, 9.17) is 17.2 Å². The zero-order valence-corrected chi connectivity index (χ0v) is 20.4. The van der Waals surface area contributed by atoms with Gasteiger partial charge in [-0.2, -0.15) is 10.2 Å². The van der Waals surface area contributed by atoms with Crippen LogP contribution in [-0.2, 0) is 4.79 Å². The summed E-state index contributed by atoms with van der Waals surface area (Å²) in [6, 6.07) is 13.7. The second kappa shape index (κ2) is 11.6. The van der Waals surface area contributed by atoms with E-state index in [1.165, 1.54) is 0 Å². The van der Waals surface area contributed by atoms with E-state index < -0.39 is 6.04 Å². The normalized spacial score (nSPS) is 15.8. The Balaban J connectivity index is 1.74. The van der Waals surface area contributed by atoms with Gasteiger partial charge in [0.1, 0.15) is 11.9 Å². The summed E-state index contributed by atoms with van der Waals surface area (Å²) in [5, 5.41) is 14.7. The molecule has 0 radical (unpaired) electrons. The predicted octanol–water partition coefficient (Wildman–Crippen LogP) is 1.67. The first-order valence-electron chi connectivity index (χ1n) is 11.4. The molecule has 1 atom stereocenters. The van der Waals surface area contributed by atoms with Gasteiger partial charge in [0, 0.05) is 17.8 Å². The van der Waals surface area contributed by atoms with Crippen LogP contribution in [0.25, 0.3) is 0 Å². The number of guanidine groups is 1. The van der Waals surface area contributed by atoms with Crippen LogP contribution in [0.2, 0.25) is 0 Å². The van der Waals surface area contributed by atoms with Crippen LogP contribution in [-0.4, -0.2) is 46.7 Å². The quantitative estimate of drug-likeness (QED) is 0.214. The third kappa shape index (κ3) is 6.69. The number of benzene rings is 2. The molecular weight excluding hydrogens is 458 g/mol. The first-order valence-corrected chi connectivity index (χ1v) is 11.4. The standard InChI is InChI=1S/C25H31N9O2/c1-15(30-32-17(3)26)18-7-4-9-20(13-18)24(36)34-12-6-11-22(34)23(35)29-21-10-5-8-19(14-21)16(2)31-33-25(27)28/h4-5,7-10,13-14,22,32H,3,6,11-12,26H2,1-2H3,(H,29,35)(H4,27,28,33)/b30-15-,31-16-/t22-/m0/s1. The van der Waals surface area contributed by atoms with Crippen molar-refractivity contribution in [2.45, 2.75) is 32.7 Å². The van der Waals surface area contributed by atoms with Crippen LogP contribution < -0.4 is 27.9 Å². The molecule has 0 aromatic heterocycles. The number of anilines is 1. The Labute approximate surface area is 209 Å². The Morgan fingerprint density at radius 3 is 2.33 bits per heavy atom. The summed E-state index contributed by atoms with van der Waals surface area (Å²) in [5.74, 6) is -0.394. The van der Waals surface area contributed by atoms with Crippen molar-refractivity contribution in [3.8, 4) is 0 Å². The molecular formula is C25H31N9O2. The van der Waals surface area contributed by atoms with E-state index in [1.54, 1.807) is 55.1 Å². The van der Waals surface area contributed by atoms with E-state index in [0.717, 1.165) is 17.5 Å². The molecule has 1 aliphatic rings. The molecule has 2 aromatic rings. The summed E-state index contributed by atoms with van der Waals surface area (Å²) >= 11 is 0. The first-order chi connectivity index (χ1) is 17.2. The molecule has 1 heterocycles. The van der Waals surface area contributed by atoms with Gasteiger partial charge in [-0.05, 0) is 62.1 Å². The van der Waals surface area contributed by atoms with E-state index in [2.05, 4.69) is 32.6 Å². The highest BCUT2D eigenvalue weighted by molar-refractivity contribution is 6.05. The molecule has 2 aromatic carbocycles. The predicted molar refractivity (Wildman–Crippen MR) is 142 cm³/mol. The number of hydrogen-bond acceptors (Lipinski definition) is 7. The number of nitrogens with one attached hydrogen (secondary N) is 2. The fraction of sp³-hybridized carbons (Fsp3) is 0.240. The molecule has 0 aliphatic carbocycles. The molecule has 11 nitrogen and oxygen atoms in total. The largest absolute Gasteiger partial charge is 0.385 e. The third-order valence-electron chi connectivity index (χ3n) is 5.57. The average molecular weight is 490 g/mol. The van der Waals surface area contributed by atoms with Gasteiger partial charge < -0.3 is 27.4 Å². The van der Waals surface area contributed by atoms with Gasteiger partial charge >= 0.3 is 0 Å². The molecule has 188 valence electrons. The Morgan fingerprint density at radius 2 is 1.64 bits per heavy atom. The van der Waals surface area contributed by atoms with Crippen LogP contribution in [0.3, 0.4) is 0 Å². The minimum Gasteiger partial charge on any atom is -0.385 e. The van der Waals surface area contributed by atoms with Gasteiger partial charge in [-0.3, -0.25) is 15.0 Å². The number of hydrazone groups is 1. The highest BCUT2D eigenvalue weighted by atomic mass is 16.2. The SMILES string of the molecule is C=C(N)N/N=C(/C)c1cccc(C(=O)N2CCC[C@H]2C(=O)Nc2cccc(/C(C)=N\N=C(N)N)c2)c1. The molecule has 8 N–H and O–H groups in total. The topological polar surface area (TPSA) is 177 Å². The molecule has 0 bridgehead atoms. The van der Waals surface area contributed by atoms with Gasteiger partial charge in [-0.15, -0.1) is 5.10 Å². The highest BCUT2D eigenvalue weighted by Gasteiger charge is 2.34. The summed E-state index contributed by atoms with van der Waals surface area (Å²) in [6.07, 6.45) is 1.31. The number of nitrogens with zero attached hydrogens (tertiary/aromatic N) is 4. The zero-order valence-electron chi connectivity index (χ0n) is 20.4. The molecule has 36 heavy (non-hydrogen) atoms. The summed E-state index contributed by atoms with van der Waals surface area (Å²) < 4.78 is 0. The van der Waals surface area contributed by atoms with Gasteiger partial charge in [-0.1, -0.05) is 30.8 Å². The molecule has 1 aliphatic heterocycles. The fourth-order valence-electron chi connectivity index (χ4n) is 3.78. The van der Waals surface area contributed by atoms with Crippen molar-refractivity contribution in [3.05, 3.63) is 77.6 Å². The lowest BCUT2D eigenvalue weighted by Gasteiger charge is -2.24. The minimum atomic E-state index is -0.585. The second-order valence-corrected chi connectivity index (χ2v) is 8.35. The van der Waals surface area contributed by atoms with Crippen molar-refractivity contribution >= 4 is 34.9 Å². The van der Waals surface area contributed by atoms with E-state index in [-0.39, 0.29) is 23.6 Å². The van der Waals surface area contributed by atoms with Crippen LogP contribution in [0.4, 0.5) is 5.69 Å². The second-order valence-electron chi connectivity index (χ2n) is 8.35. The lowest BCUT2D eigenvalue weighted by molar-refractivity contribution is -0.119. The number of hydrogen-bond donors (Lipinski definition) is 5. The Bertz CT molecular complexity index is 1250. The number of likely N-dealkylation sites (tertiary alicyclic amines) is 1. The van der Waals surface area contributed by atoms with E-state index in [0.29, 0.717) is 35.6 Å². The smallest absolute Gasteiger partial charge is 0.254 e. The maximum absolute atomic E-state index is 13.3. The molecule has 2 amide bonds. The number of amides is 2. The van der Waals surface area contributed by atoms with Gasteiger partial charge in [-0.25, -0.2) is 0 Å². The summed E-state index contributed by atoms with van der Waals surface area (Å²) in [4.78, 5) is 28.1. The monoisotopic (exact) mass is 489 g/mol. The molecule has 1 saturated heterocycles. The maximum atomic E-state index is 13.3. The third-order valence-corrected chi connectivity index (χ3v) is 5.57. The van der Waals surface area contributed by atoms with Crippen molar-refractivity contribution in [1.29, 1.82) is 0 Å². The highest BCUT2D eigenvalue weighted by Crippen LogP contribution is 2.23. The average Bonchev–Trinajstić information content (AvgIpc) is 3.35. The molecule has 0 unspecified atom stereocenters. The molecule has 0 spiro atoms. The van der Waals surface area contributed by atoms with Gasteiger partial charge in [0.2, 0.25) is 11.9 Å². The van der Waals surface area contributed by atoms with Crippen LogP contribution in [0.1, 0.15) is 48.2 Å². The van der Waals surface area contributed by atoms with Gasteiger partial charge in [0.05, 0.1) is 11.4 Å². The Morgan fingerprint density at radius 1 is 0.972 bits per heavy atom. The first kappa shape index (κ1) is 25.9. The maximum Gasteiger partial charge on any atom is 0.254 e. The molecule has 1 fully saturated rings. The lowest BCUT2D eigenvalue weighted by atomic mass is 10.1. The Kier molecular flexibility index (Phi) is 8.39. The lowest BCUT2D eigenvalue weighted by Crippen LogP contribution is -2.43. The zero-order chi connectivity index (χ0) is 26.2. The van der Waals surface area contributed by atoms with E-state index in [1.807, 2.05) is 12.1 Å². The van der Waals surface area contributed by atoms with Gasteiger partial charge in [0.25, 0.3) is 5.91 Å². The van der Waals surface area contributed by atoms with Crippen molar-refractivity contribution in [3.63, 3.8) is 0 Å². The van der Waals surface area contributed by atoms with Crippen LogP contribution in [0.5, 0.6) is 0 Å². The van der Waals surface area contributed by atoms with Crippen molar-refractivity contribution in [2.24, 2.45) is 32.5 Å². The number of carbonyl (C=O) groups excluding carboxylic acids is 2. The van der Waals surface area contributed by atoms with Crippen LogP contribution in [0, 0.1) is 0 Å². The molecule has 3 rings (SSSR count). The number of nitrogens with two attached hydrogens (primary N) is 3. The van der Waals surface area contributed by atoms with Crippen LogP contribution in [0.15, 0.2) is 76.2 Å². The Hall–Kier alpha value is -4.67. The van der Waals surface area contributed by atoms with E-state index in [9.17, 15) is 9.59 Å². The molecule has 11 heteroatoms. The minimum absolute atomic E-state index is 0.143. The number of rotatable bonds is 8. The molecule has 0 saturated carbocycles. The van der Waals surface area contributed by atoms with Crippen LogP contribution >= 0.6 is 0 Å². The van der Waals surface area contributed by atoms with Crippen molar-refractivity contribution in [1.82, 2.24) is 10.3 Å². The summed E-state index contributed by atoms with van der Waals surface area (Å²) in [7, 11) is 0. The van der Waals surface area contributed by atoms with E-state index >= 15 is 0 Å². The van der Waals surface area contributed by atoms with Crippen molar-refractivity contribution in [2.75, 3.05) is 11.9 Å². The summed E-state index contributed by atoms with van der Waals surface area (Å²) in [5.41, 5.74) is 22.5. The fourth-order valence-corrected chi connectivity index (χ4v) is 3.78. The van der Waals surface area contributed by atoms with Gasteiger partial charge in [0.15, 0.2) is 0 Å². The van der Waals surface area contributed by atoms with Crippen molar-refractivity contribution < 1.29 is 9.59 Å².